The lowest BCUT2D eigenvalue weighted by atomic mass is 10.2. The first-order valence-electron chi connectivity index (χ1n) is 8.13. The number of alkyl halides is 3. The Bertz CT molecular complexity index is 940. The molecule has 0 aromatic heterocycles. The molecule has 2 rings (SSSR count). The molecule has 0 saturated carbocycles. The summed E-state index contributed by atoms with van der Waals surface area (Å²) >= 11 is 5.53. The van der Waals surface area contributed by atoms with E-state index in [1.807, 2.05) is 6.07 Å². The van der Waals surface area contributed by atoms with E-state index in [0.717, 1.165) is 17.0 Å². The van der Waals surface area contributed by atoms with Crippen LogP contribution in [0.25, 0.3) is 0 Å². The first-order valence-corrected chi connectivity index (χ1v) is 8.51. The smallest absolute Gasteiger partial charge is 0.417 e. The normalized spacial score (nSPS) is 10.8. The third-order valence-electron chi connectivity index (χ3n) is 3.71. The zero-order valence-electron chi connectivity index (χ0n) is 15.1. The summed E-state index contributed by atoms with van der Waals surface area (Å²) in [7, 11) is 1.35. The number of rotatable bonds is 6. The minimum Gasteiger partial charge on any atom is -0.484 e. The first kappa shape index (κ1) is 22.0. The van der Waals surface area contributed by atoms with Crippen LogP contribution in [0, 0.1) is 11.3 Å². The van der Waals surface area contributed by atoms with Gasteiger partial charge in [-0.1, -0.05) is 11.6 Å². The van der Waals surface area contributed by atoms with Gasteiger partial charge >= 0.3 is 6.18 Å². The number of hydrogen-bond acceptors (Lipinski definition) is 4. The van der Waals surface area contributed by atoms with E-state index in [-0.39, 0.29) is 18.8 Å². The Morgan fingerprint density at radius 3 is 2.45 bits per heavy atom. The topological polar surface area (TPSA) is 82.4 Å². The Morgan fingerprint density at radius 1 is 1.21 bits per heavy atom. The number of ether oxygens (including phenoxy) is 1. The standard InChI is InChI=1S/C19H15ClF3N3O3/c1-26(18(28)11-29-14-5-2-12(9-24)3-6-14)10-17(27)25-13-4-7-16(20)15(8-13)19(21,22)23/h2-8H,10-11H2,1H3,(H,25,27). The van der Waals surface area contributed by atoms with E-state index in [9.17, 15) is 22.8 Å². The molecule has 0 heterocycles. The summed E-state index contributed by atoms with van der Waals surface area (Å²) in [4.78, 5) is 25.2. The average Bonchev–Trinajstić information content (AvgIpc) is 2.67. The maximum absolute atomic E-state index is 12.9. The molecule has 6 nitrogen and oxygen atoms in total. The number of anilines is 1. The van der Waals surface area contributed by atoms with E-state index in [1.165, 1.54) is 37.4 Å². The molecule has 152 valence electrons. The van der Waals surface area contributed by atoms with Gasteiger partial charge in [0.05, 0.1) is 28.8 Å². The number of nitriles is 1. The molecule has 0 aliphatic carbocycles. The molecule has 2 aromatic carbocycles. The Morgan fingerprint density at radius 2 is 1.86 bits per heavy atom. The Balaban J connectivity index is 1.89. The van der Waals surface area contributed by atoms with Crippen molar-refractivity contribution in [2.45, 2.75) is 6.18 Å². The fraction of sp³-hybridized carbons (Fsp3) is 0.211. The molecule has 0 atom stereocenters. The molecular formula is C19H15ClF3N3O3. The van der Waals surface area contributed by atoms with E-state index in [4.69, 9.17) is 21.6 Å². The molecule has 0 saturated heterocycles. The number of halogens is 4. The zero-order valence-corrected chi connectivity index (χ0v) is 15.8. The molecular weight excluding hydrogens is 411 g/mol. The van der Waals surface area contributed by atoms with E-state index in [2.05, 4.69) is 5.32 Å². The lowest BCUT2D eigenvalue weighted by molar-refractivity contribution is -0.137. The van der Waals surface area contributed by atoms with Crippen LogP contribution in [0.2, 0.25) is 5.02 Å². The van der Waals surface area contributed by atoms with Crippen LogP contribution in [-0.4, -0.2) is 36.9 Å². The molecule has 0 unspecified atom stereocenters. The second kappa shape index (κ2) is 9.30. The summed E-state index contributed by atoms with van der Waals surface area (Å²) in [5.41, 5.74) is -0.730. The van der Waals surface area contributed by atoms with Crippen molar-refractivity contribution in [3.8, 4) is 11.8 Å². The van der Waals surface area contributed by atoms with Gasteiger partial charge in [0.25, 0.3) is 5.91 Å². The molecule has 0 aliphatic rings. The number of carbonyl (C=O) groups excluding carboxylic acids is 2. The van der Waals surface area contributed by atoms with Crippen molar-refractivity contribution in [3.63, 3.8) is 0 Å². The van der Waals surface area contributed by atoms with Gasteiger partial charge in [-0.05, 0) is 42.5 Å². The van der Waals surface area contributed by atoms with Crippen molar-refractivity contribution >= 4 is 29.1 Å². The van der Waals surface area contributed by atoms with Crippen molar-refractivity contribution in [2.24, 2.45) is 0 Å². The van der Waals surface area contributed by atoms with Crippen LogP contribution < -0.4 is 10.1 Å². The molecule has 0 aliphatic heterocycles. The third kappa shape index (κ3) is 6.40. The summed E-state index contributed by atoms with van der Waals surface area (Å²) in [6, 6.07) is 11.0. The number of benzene rings is 2. The van der Waals surface area contributed by atoms with Crippen LogP contribution in [-0.2, 0) is 15.8 Å². The van der Waals surface area contributed by atoms with Crippen LogP contribution in [0.4, 0.5) is 18.9 Å². The van der Waals surface area contributed by atoms with Crippen molar-refractivity contribution in [1.82, 2.24) is 4.90 Å². The van der Waals surface area contributed by atoms with Crippen molar-refractivity contribution in [2.75, 3.05) is 25.5 Å². The van der Waals surface area contributed by atoms with Gasteiger partial charge in [0, 0.05) is 12.7 Å². The van der Waals surface area contributed by atoms with E-state index in [1.54, 1.807) is 0 Å². The van der Waals surface area contributed by atoms with Crippen LogP contribution >= 0.6 is 11.6 Å². The summed E-state index contributed by atoms with van der Waals surface area (Å²) in [6.45, 7) is -0.742. The molecule has 0 bridgehead atoms. The first-order chi connectivity index (χ1) is 13.6. The predicted molar refractivity (Wildman–Crippen MR) is 99.4 cm³/mol. The van der Waals surface area contributed by atoms with Gasteiger partial charge in [-0.25, -0.2) is 0 Å². The highest BCUT2D eigenvalue weighted by Gasteiger charge is 2.33. The highest BCUT2D eigenvalue weighted by atomic mass is 35.5. The third-order valence-corrected chi connectivity index (χ3v) is 4.04. The molecule has 1 N–H and O–H groups in total. The number of likely N-dealkylation sites (N-methyl/N-ethyl adjacent to an activating group) is 1. The zero-order chi connectivity index (χ0) is 21.6. The minimum atomic E-state index is -4.66. The lowest BCUT2D eigenvalue weighted by Crippen LogP contribution is -2.37. The monoisotopic (exact) mass is 425 g/mol. The van der Waals surface area contributed by atoms with Gasteiger partial charge in [-0.15, -0.1) is 0 Å². The molecule has 0 fully saturated rings. The van der Waals surface area contributed by atoms with E-state index >= 15 is 0 Å². The second-order valence-corrected chi connectivity index (χ2v) is 6.32. The van der Waals surface area contributed by atoms with Crippen LogP contribution in [0.3, 0.4) is 0 Å². The quantitative estimate of drug-likeness (QED) is 0.765. The Labute approximate surface area is 169 Å². The molecule has 29 heavy (non-hydrogen) atoms. The highest BCUT2D eigenvalue weighted by Crippen LogP contribution is 2.36. The van der Waals surface area contributed by atoms with Crippen molar-refractivity contribution < 1.29 is 27.5 Å². The van der Waals surface area contributed by atoms with Gasteiger partial charge in [0.1, 0.15) is 5.75 Å². The Hall–Kier alpha value is -3.25. The van der Waals surface area contributed by atoms with Gasteiger partial charge in [-0.2, -0.15) is 18.4 Å². The maximum atomic E-state index is 12.9. The highest BCUT2D eigenvalue weighted by molar-refractivity contribution is 6.31. The van der Waals surface area contributed by atoms with Crippen molar-refractivity contribution in [3.05, 3.63) is 58.6 Å². The number of hydrogen-bond donors (Lipinski definition) is 1. The summed E-state index contributed by atoms with van der Waals surface area (Å²) < 4.78 is 43.9. The molecule has 10 heteroatoms. The molecule has 2 amide bonds. The summed E-state index contributed by atoms with van der Waals surface area (Å²) in [6.07, 6.45) is -4.66. The largest absolute Gasteiger partial charge is 0.484 e. The molecule has 0 spiro atoms. The van der Waals surface area contributed by atoms with Gasteiger partial charge in [-0.3, -0.25) is 9.59 Å². The van der Waals surface area contributed by atoms with Gasteiger partial charge < -0.3 is 15.0 Å². The van der Waals surface area contributed by atoms with Gasteiger partial charge in [0.2, 0.25) is 5.91 Å². The van der Waals surface area contributed by atoms with Gasteiger partial charge in [0.15, 0.2) is 6.61 Å². The second-order valence-electron chi connectivity index (χ2n) is 5.92. The number of nitrogens with one attached hydrogen (secondary N) is 1. The fourth-order valence-corrected chi connectivity index (χ4v) is 2.43. The number of carbonyl (C=O) groups is 2. The van der Waals surface area contributed by atoms with Crippen LogP contribution in [0.15, 0.2) is 42.5 Å². The van der Waals surface area contributed by atoms with Crippen LogP contribution in [0.5, 0.6) is 5.75 Å². The molecule has 2 aromatic rings. The summed E-state index contributed by atoms with van der Waals surface area (Å²) in [5.74, 6) is -0.831. The van der Waals surface area contributed by atoms with E-state index in [0.29, 0.717) is 11.3 Å². The SMILES string of the molecule is CN(CC(=O)Nc1ccc(Cl)c(C(F)(F)F)c1)C(=O)COc1ccc(C#N)cc1. The minimum absolute atomic E-state index is 0.0959. The van der Waals surface area contributed by atoms with Crippen molar-refractivity contribution in [1.29, 1.82) is 5.26 Å². The number of amides is 2. The molecule has 0 radical (unpaired) electrons. The average molecular weight is 426 g/mol. The van der Waals surface area contributed by atoms with E-state index < -0.39 is 28.6 Å². The van der Waals surface area contributed by atoms with Crippen LogP contribution in [0.1, 0.15) is 11.1 Å². The number of nitrogens with zero attached hydrogens (tertiary/aromatic N) is 2. The maximum Gasteiger partial charge on any atom is 0.417 e. The lowest BCUT2D eigenvalue weighted by Gasteiger charge is -2.17. The summed E-state index contributed by atoms with van der Waals surface area (Å²) in [5, 5.41) is 10.5. The fourth-order valence-electron chi connectivity index (χ4n) is 2.21. The Kier molecular flexibility index (Phi) is 7.07. The predicted octanol–water partition coefficient (Wildman–Crippen LogP) is 3.71.